The van der Waals surface area contributed by atoms with Crippen molar-refractivity contribution < 1.29 is 28.8 Å². The summed E-state index contributed by atoms with van der Waals surface area (Å²) in [5.41, 5.74) is 14.1. The van der Waals surface area contributed by atoms with Gasteiger partial charge in [0.25, 0.3) is 0 Å². The average molecular weight is 411 g/mol. The molecule has 0 heterocycles. The summed E-state index contributed by atoms with van der Waals surface area (Å²) in [6.07, 6.45) is 1.74. The van der Waals surface area contributed by atoms with Crippen molar-refractivity contribution in [3.8, 4) is 0 Å². The van der Waals surface area contributed by atoms with Crippen molar-refractivity contribution >= 4 is 0 Å². The van der Waals surface area contributed by atoms with Gasteiger partial charge in [0.15, 0.2) is 0 Å². The number of hydrazine groups is 1. The Bertz CT molecular complexity index is 273. The normalized spacial score (nSPS) is 11.6. The summed E-state index contributed by atoms with van der Waals surface area (Å²) in [5.74, 6) is 0. The quantitative estimate of drug-likeness (QED) is 0.111. The molecule has 0 atom stereocenters. The highest BCUT2D eigenvalue weighted by atomic mass is 16.5. The Kier molecular flexibility index (Phi) is 24.3. The second-order valence-corrected chi connectivity index (χ2v) is 5.97. The van der Waals surface area contributed by atoms with Crippen LogP contribution >= 0.6 is 0 Å². The highest BCUT2D eigenvalue weighted by Gasteiger charge is 2.04. The van der Waals surface area contributed by atoms with E-state index in [1.807, 2.05) is 5.01 Å². The van der Waals surface area contributed by atoms with Gasteiger partial charge in [-0.15, -0.1) is 0 Å². The predicted octanol–water partition coefficient (Wildman–Crippen LogP) is -1.43. The van der Waals surface area contributed by atoms with Crippen LogP contribution in [0.1, 0.15) is 12.8 Å². The molecule has 0 saturated heterocycles. The van der Waals surface area contributed by atoms with Gasteiger partial charge in [-0.2, -0.15) is 0 Å². The van der Waals surface area contributed by atoms with Gasteiger partial charge in [-0.1, -0.05) is 0 Å². The summed E-state index contributed by atoms with van der Waals surface area (Å²) in [5, 5.41) is 10.8. The number of hydrogen-bond acceptors (Lipinski definition) is 10. The third-order valence-electron chi connectivity index (χ3n) is 3.56. The molecular weight excluding hydrogens is 368 g/mol. The Balaban J connectivity index is 3.75. The van der Waals surface area contributed by atoms with E-state index >= 15 is 0 Å². The molecule has 0 aromatic heterocycles. The molecule has 6 N–H and O–H groups in total. The van der Waals surface area contributed by atoms with Gasteiger partial charge in [-0.05, 0) is 25.9 Å². The highest BCUT2D eigenvalue weighted by molar-refractivity contribution is 4.53. The van der Waals surface area contributed by atoms with Crippen molar-refractivity contribution in [3.63, 3.8) is 0 Å². The van der Waals surface area contributed by atoms with Gasteiger partial charge >= 0.3 is 0 Å². The lowest BCUT2D eigenvalue weighted by atomic mass is 10.5. The minimum atomic E-state index is 0.0338. The molecule has 0 amide bonds. The fourth-order valence-electron chi connectivity index (χ4n) is 2.08. The molecule has 0 aliphatic carbocycles. The minimum Gasteiger partial charge on any atom is -0.394 e. The molecule has 0 radical (unpaired) electrons. The van der Waals surface area contributed by atoms with Crippen molar-refractivity contribution in [2.24, 2.45) is 11.5 Å². The van der Waals surface area contributed by atoms with Crippen LogP contribution in [0.3, 0.4) is 0 Å². The molecule has 0 fully saturated rings. The van der Waals surface area contributed by atoms with E-state index in [-0.39, 0.29) is 6.61 Å². The average Bonchev–Trinajstić information content (AvgIpc) is 2.71. The minimum absolute atomic E-state index is 0.0338. The lowest BCUT2D eigenvalue weighted by Crippen LogP contribution is -2.44. The molecule has 0 rings (SSSR count). The standard InChI is InChI=1S/C18H42N4O6/c19-3-1-9-24-15-17-27-12-6-22(21-5-11-26-14-8-23)7-13-28-18-16-25-10-2-4-20/h21,23H,1-20H2. The van der Waals surface area contributed by atoms with Crippen LogP contribution in [0.2, 0.25) is 0 Å². The summed E-state index contributed by atoms with van der Waals surface area (Å²) in [7, 11) is 0. The fourth-order valence-corrected chi connectivity index (χ4v) is 2.08. The Labute approximate surface area is 169 Å². The van der Waals surface area contributed by atoms with Crippen LogP contribution in [0.4, 0.5) is 0 Å². The number of rotatable bonds is 24. The Hall–Kier alpha value is -0.400. The summed E-state index contributed by atoms with van der Waals surface area (Å²) in [4.78, 5) is 0. The lowest BCUT2D eigenvalue weighted by molar-refractivity contribution is 0.00927. The number of nitrogens with zero attached hydrogens (tertiary/aromatic N) is 1. The molecule has 0 aliphatic heterocycles. The van der Waals surface area contributed by atoms with Gasteiger partial charge in [0, 0.05) is 32.8 Å². The van der Waals surface area contributed by atoms with E-state index in [1.54, 1.807) is 0 Å². The van der Waals surface area contributed by atoms with E-state index in [4.69, 9.17) is 40.3 Å². The maximum Gasteiger partial charge on any atom is 0.0701 e. The van der Waals surface area contributed by atoms with E-state index in [2.05, 4.69) is 5.43 Å². The van der Waals surface area contributed by atoms with Crippen molar-refractivity contribution in [1.29, 1.82) is 0 Å². The van der Waals surface area contributed by atoms with Crippen molar-refractivity contribution in [3.05, 3.63) is 0 Å². The Morgan fingerprint density at radius 3 is 1.54 bits per heavy atom. The van der Waals surface area contributed by atoms with Crippen LogP contribution in [0.5, 0.6) is 0 Å². The van der Waals surface area contributed by atoms with Crippen LogP contribution in [-0.4, -0.2) is 116 Å². The second-order valence-electron chi connectivity index (χ2n) is 5.97. The monoisotopic (exact) mass is 410 g/mol. The van der Waals surface area contributed by atoms with Gasteiger partial charge < -0.3 is 40.3 Å². The molecule has 10 nitrogen and oxygen atoms in total. The van der Waals surface area contributed by atoms with Crippen LogP contribution < -0.4 is 16.9 Å². The van der Waals surface area contributed by atoms with Gasteiger partial charge in [-0.3, -0.25) is 5.43 Å². The first-order chi connectivity index (χ1) is 13.8. The van der Waals surface area contributed by atoms with E-state index in [0.29, 0.717) is 85.7 Å². The van der Waals surface area contributed by atoms with Crippen LogP contribution in [-0.2, 0) is 23.7 Å². The summed E-state index contributed by atoms with van der Waals surface area (Å²) < 4.78 is 27.3. The molecule has 0 aromatic carbocycles. The molecule has 0 unspecified atom stereocenters. The van der Waals surface area contributed by atoms with Crippen molar-refractivity contribution in [2.75, 3.05) is 105 Å². The van der Waals surface area contributed by atoms with Crippen LogP contribution in [0.25, 0.3) is 0 Å². The lowest BCUT2D eigenvalue weighted by Gasteiger charge is -2.23. The third-order valence-corrected chi connectivity index (χ3v) is 3.56. The molecule has 0 aliphatic rings. The van der Waals surface area contributed by atoms with E-state index < -0.39 is 0 Å². The van der Waals surface area contributed by atoms with Gasteiger partial charge in [-0.25, -0.2) is 5.01 Å². The van der Waals surface area contributed by atoms with Gasteiger partial charge in [0.1, 0.15) is 0 Å². The predicted molar refractivity (Wildman–Crippen MR) is 108 cm³/mol. The number of nitrogens with two attached hydrogens (primary N) is 2. The van der Waals surface area contributed by atoms with E-state index in [1.165, 1.54) is 0 Å². The van der Waals surface area contributed by atoms with Gasteiger partial charge in [0.2, 0.25) is 0 Å². The molecule has 0 bridgehead atoms. The number of hydrogen-bond donors (Lipinski definition) is 4. The van der Waals surface area contributed by atoms with E-state index in [9.17, 15) is 0 Å². The zero-order valence-electron chi connectivity index (χ0n) is 17.3. The SMILES string of the molecule is NCCCOCCOCCN(CCOCCOCCCN)NCCOCCO. The molecule has 0 saturated carbocycles. The Morgan fingerprint density at radius 2 is 1.07 bits per heavy atom. The maximum absolute atomic E-state index is 8.72. The number of ether oxygens (including phenoxy) is 5. The molecule has 170 valence electrons. The molecule has 0 spiro atoms. The largest absolute Gasteiger partial charge is 0.394 e. The molecule has 0 aromatic rings. The van der Waals surface area contributed by atoms with Crippen molar-refractivity contribution in [1.82, 2.24) is 10.4 Å². The zero-order valence-corrected chi connectivity index (χ0v) is 17.3. The maximum atomic E-state index is 8.72. The molecule has 10 heteroatoms. The summed E-state index contributed by atoms with van der Waals surface area (Å²) in [6, 6.07) is 0. The molecule has 28 heavy (non-hydrogen) atoms. The Morgan fingerprint density at radius 1 is 0.607 bits per heavy atom. The number of nitrogens with one attached hydrogen (secondary N) is 1. The smallest absolute Gasteiger partial charge is 0.0701 e. The number of aliphatic hydroxyl groups is 1. The number of aliphatic hydroxyl groups excluding tert-OH is 1. The summed E-state index contributed by atoms with van der Waals surface area (Å²) >= 11 is 0. The highest BCUT2D eigenvalue weighted by Crippen LogP contribution is 1.89. The van der Waals surface area contributed by atoms with Gasteiger partial charge in [0.05, 0.1) is 59.5 Å². The second kappa shape index (κ2) is 24.6. The van der Waals surface area contributed by atoms with Crippen LogP contribution in [0, 0.1) is 0 Å². The summed E-state index contributed by atoms with van der Waals surface area (Å²) in [6.45, 7) is 9.12. The first kappa shape index (κ1) is 27.6. The first-order valence-electron chi connectivity index (χ1n) is 10.2. The zero-order chi connectivity index (χ0) is 20.5. The third kappa shape index (κ3) is 21.9. The van der Waals surface area contributed by atoms with Crippen molar-refractivity contribution in [2.45, 2.75) is 12.8 Å². The first-order valence-corrected chi connectivity index (χ1v) is 10.2. The van der Waals surface area contributed by atoms with Crippen LogP contribution in [0.15, 0.2) is 0 Å². The topological polar surface area (TPSA) is 134 Å². The molecular formula is C18H42N4O6. The fraction of sp³-hybridized carbons (Fsp3) is 1.00. The van der Waals surface area contributed by atoms with E-state index in [0.717, 1.165) is 25.9 Å².